The molecule has 0 N–H and O–H groups in total. The monoisotopic (exact) mass is 399 g/mol. The van der Waals surface area contributed by atoms with Gasteiger partial charge >= 0.3 is 0 Å². The molecule has 158 valence electrons. The Morgan fingerprint density at radius 3 is 2.52 bits per heavy atom. The standard InChI is InChI=1S/C21H33N7O/c1-16-20(17(2)25(4)23-16)15-26-7-5-6-18(14-26)28-21(29)12-19(13-22-28)27-10-8-24(3)9-11-27/h12-13,18H,5-11,14-15H2,1-4H3/t18-/m1/s1. The Morgan fingerprint density at radius 1 is 1.10 bits per heavy atom. The Morgan fingerprint density at radius 2 is 1.86 bits per heavy atom. The van der Waals surface area contributed by atoms with Gasteiger partial charge in [-0.15, -0.1) is 0 Å². The molecule has 2 aromatic heterocycles. The molecule has 0 radical (unpaired) electrons. The van der Waals surface area contributed by atoms with Crippen LogP contribution < -0.4 is 10.5 Å². The number of aryl methyl sites for hydroxylation is 2. The van der Waals surface area contributed by atoms with Crippen molar-refractivity contribution in [1.29, 1.82) is 0 Å². The van der Waals surface area contributed by atoms with Crippen molar-refractivity contribution in [2.45, 2.75) is 39.3 Å². The second-order valence-corrected chi connectivity index (χ2v) is 8.59. The van der Waals surface area contributed by atoms with Crippen LogP contribution in [0.25, 0.3) is 0 Å². The first-order valence-corrected chi connectivity index (χ1v) is 10.7. The molecule has 2 aliphatic rings. The summed E-state index contributed by atoms with van der Waals surface area (Å²) in [7, 11) is 4.13. The van der Waals surface area contributed by atoms with Crippen molar-refractivity contribution in [2.75, 3.05) is 51.2 Å². The lowest BCUT2D eigenvalue weighted by Gasteiger charge is -2.35. The quantitative estimate of drug-likeness (QED) is 0.770. The molecule has 0 bridgehead atoms. The SMILES string of the molecule is Cc1nn(C)c(C)c1CN1CCC[C@@H](n2ncc(N3CCN(C)CC3)cc2=O)C1. The number of piperidine rings is 1. The Hall–Kier alpha value is -2.19. The van der Waals surface area contributed by atoms with Crippen molar-refractivity contribution in [2.24, 2.45) is 7.05 Å². The fraction of sp³-hybridized carbons (Fsp3) is 0.667. The molecule has 4 rings (SSSR count). The molecular weight excluding hydrogens is 366 g/mol. The Kier molecular flexibility index (Phi) is 5.74. The van der Waals surface area contributed by atoms with Gasteiger partial charge in [0.2, 0.25) is 0 Å². The fourth-order valence-corrected chi connectivity index (χ4v) is 4.56. The normalized spacial score (nSPS) is 21.7. The Bertz CT molecular complexity index is 910. The van der Waals surface area contributed by atoms with E-state index in [0.717, 1.165) is 70.0 Å². The number of hydrogen-bond donors (Lipinski definition) is 0. The van der Waals surface area contributed by atoms with Crippen LogP contribution in [0.4, 0.5) is 5.69 Å². The van der Waals surface area contributed by atoms with E-state index in [0.29, 0.717) is 0 Å². The first-order valence-electron chi connectivity index (χ1n) is 10.7. The Balaban J connectivity index is 1.46. The highest BCUT2D eigenvalue weighted by atomic mass is 16.1. The van der Waals surface area contributed by atoms with Crippen LogP contribution in [0, 0.1) is 13.8 Å². The van der Waals surface area contributed by atoms with Crippen LogP contribution in [0.15, 0.2) is 17.1 Å². The van der Waals surface area contributed by atoms with Crippen molar-refractivity contribution in [3.05, 3.63) is 39.6 Å². The lowest BCUT2D eigenvalue weighted by molar-refractivity contribution is 0.159. The third kappa shape index (κ3) is 4.23. The number of rotatable bonds is 4. The van der Waals surface area contributed by atoms with Gasteiger partial charge in [0.25, 0.3) is 5.56 Å². The molecule has 0 aliphatic carbocycles. The molecule has 0 unspecified atom stereocenters. The maximum absolute atomic E-state index is 12.9. The third-order valence-electron chi connectivity index (χ3n) is 6.55. The zero-order valence-corrected chi connectivity index (χ0v) is 18.1. The van der Waals surface area contributed by atoms with E-state index in [2.05, 4.69) is 45.8 Å². The summed E-state index contributed by atoms with van der Waals surface area (Å²) in [6.45, 7) is 10.9. The number of nitrogens with zero attached hydrogens (tertiary/aromatic N) is 7. The van der Waals surface area contributed by atoms with E-state index in [1.807, 2.05) is 17.9 Å². The van der Waals surface area contributed by atoms with Gasteiger partial charge < -0.3 is 9.80 Å². The van der Waals surface area contributed by atoms with E-state index in [1.54, 1.807) is 10.7 Å². The number of piperazine rings is 1. The number of anilines is 1. The molecule has 8 nitrogen and oxygen atoms in total. The third-order valence-corrected chi connectivity index (χ3v) is 6.55. The molecule has 2 fully saturated rings. The predicted octanol–water partition coefficient (Wildman–Crippen LogP) is 1.18. The van der Waals surface area contributed by atoms with Crippen LogP contribution in [-0.2, 0) is 13.6 Å². The highest BCUT2D eigenvalue weighted by Crippen LogP contribution is 2.23. The maximum Gasteiger partial charge on any atom is 0.269 e. The fourth-order valence-electron chi connectivity index (χ4n) is 4.56. The molecule has 0 aromatic carbocycles. The second-order valence-electron chi connectivity index (χ2n) is 8.59. The van der Waals surface area contributed by atoms with Crippen LogP contribution >= 0.6 is 0 Å². The van der Waals surface area contributed by atoms with E-state index in [1.165, 1.54) is 11.3 Å². The maximum atomic E-state index is 12.9. The van der Waals surface area contributed by atoms with Gasteiger partial charge in [-0.2, -0.15) is 10.2 Å². The van der Waals surface area contributed by atoms with Crippen molar-refractivity contribution in [1.82, 2.24) is 29.4 Å². The number of likely N-dealkylation sites (tertiary alicyclic amines) is 1. The molecule has 1 atom stereocenters. The molecule has 2 aromatic rings. The lowest BCUT2D eigenvalue weighted by Crippen LogP contribution is -2.45. The molecule has 0 spiro atoms. The first-order chi connectivity index (χ1) is 13.9. The lowest BCUT2D eigenvalue weighted by atomic mass is 10.0. The highest BCUT2D eigenvalue weighted by molar-refractivity contribution is 5.43. The molecular formula is C21H33N7O. The van der Waals surface area contributed by atoms with E-state index in [4.69, 9.17) is 0 Å². The topological polar surface area (TPSA) is 62.4 Å². The highest BCUT2D eigenvalue weighted by Gasteiger charge is 2.25. The Labute approximate surface area is 172 Å². The molecule has 8 heteroatoms. The minimum absolute atomic E-state index is 0.0158. The van der Waals surface area contributed by atoms with Gasteiger partial charge in [-0.25, -0.2) is 4.68 Å². The van der Waals surface area contributed by atoms with Gasteiger partial charge in [0.1, 0.15) is 0 Å². The summed E-state index contributed by atoms with van der Waals surface area (Å²) in [6, 6.07) is 1.90. The predicted molar refractivity (Wildman–Crippen MR) is 114 cm³/mol. The van der Waals surface area contributed by atoms with E-state index < -0.39 is 0 Å². The molecule has 0 saturated carbocycles. The van der Waals surface area contributed by atoms with Crippen LogP contribution in [0.2, 0.25) is 0 Å². The van der Waals surface area contributed by atoms with Gasteiger partial charge in [0.05, 0.1) is 23.6 Å². The number of aromatic nitrogens is 4. The molecule has 29 heavy (non-hydrogen) atoms. The summed E-state index contributed by atoms with van der Waals surface area (Å²) >= 11 is 0. The average molecular weight is 400 g/mol. The summed E-state index contributed by atoms with van der Waals surface area (Å²) in [5.41, 5.74) is 4.59. The van der Waals surface area contributed by atoms with E-state index in [-0.39, 0.29) is 11.6 Å². The van der Waals surface area contributed by atoms with Gasteiger partial charge in [0, 0.05) is 63.6 Å². The van der Waals surface area contributed by atoms with Crippen molar-refractivity contribution in [3.8, 4) is 0 Å². The summed E-state index contributed by atoms with van der Waals surface area (Å²) in [5.74, 6) is 0. The van der Waals surface area contributed by atoms with Gasteiger partial charge in [0.15, 0.2) is 0 Å². The van der Waals surface area contributed by atoms with E-state index in [9.17, 15) is 4.79 Å². The minimum atomic E-state index is 0.0158. The molecule has 2 saturated heterocycles. The van der Waals surface area contributed by atoms with Crippen LogP contribution in [0.3, 0.4) is 0 Å². The summed E-state index contributed by atoms with van der Waals surface area (Å²) < 4.78 is 3.66. The second kappa shape index (κ2) is 8.28. The van der Waals surface area contributed by atoms with Crippen LogP contribution in [-0.4, -0.2) is 75.7 Å². The molecule has 0 amide bonds. The van der Waals surface area contributed by atoms with Crippen molar-refractivity contribution in [3.63, 3.8) is 0 Å². The first kappa shape index (κ1) is 20.1. The minimum Gasteiger partial charge on any atom is -0.368 e. The largest absolute Gasteiger partial charge is 0.368 e. The molecule has 4 heterocycles. The summed E-state index contributed by atoms with van der Waals surface area (Å²) in [5, 5.41) is 9.12. The molecule has 2 aliphatic heterocycles. The van der Waals surface area contributed by atoms with Crippen LogP contribution in [0.5, 0.6) is 0 Å². The van der Waals surface area contributed by atoms with Crippen molar-refractivity contribution < 1.29 is 0 Å². The zero-order valence-electron chi connectivity index (χ0n) is 18.1. The van der Waals surface area contributed by atoms with E-state index >= 15 is 0 Å². The van der Waals surface area contributed by atoms with Gasteiger partial charge in [-0.1, -0.05) is 0 Å². The summed E-state index contributed by atoms with van der Waals surface area (Å²) in [4.78, 5) is 19.9. The smallest absolute Gasteiger partial charge is 0.269 e. The van der Waals surface area contributed by atoms with Gasteiger partial charge in [-0.3, -0.25) is 14.4 Å². The average Bonchev–Trinajstić information content (AvgIpc) is 2.95. The zero-order chi connectivity index (χ0) is 20.5. The number of hydrogen-bond acceptors (Lipinski definition) is 6. The number of likely N-dealkylation sites (N-methyl/N-ethyl adjacent to an activating group) is 1. The van der Waals surface area contributed by atoms with Gasteiger partial charge in [-0.05, 0) is 40.3 Å². The van der Waals surface area contributed by atoms with Crippen LogP contribution in [0.1, 0.15) is 35.8 Å². The van der Waals surface area contributed by atoms with Crippen molar-refractivity contribution >= 4 is 5.69 Å². The summed E-state index contributed by atoms with van der Waals surface area (Å²) in [6.07, 6.45) is 3.96.